The zero-order chi connectivity index (χ0) is 36.5. The van der Waals surface area contributed by atoms with Crippen LogP contribution in [0, 0.1) is 0 Å². The van der Waals surface area contributed by atoms with Crippen LogP contribution in [0.3, 0.4) is 0 Å². The van der Waals surface area contributed by atoms with Crippen molar-refractivity contribution in [2.24, 2.45) is 0 Å². The second-order valence-corrected chi connectivity index (χ2v) is 18.3. The Kier molecular flexibility index (Phi) is 6.77. The van der Waals surface area contributed by atoms with Gasteiger partial charge >= 0.3 is 0 Å². The van der Waals surface area contributed by atoms with Gasteiger partial charge in [-0.3, -0.25) is 0 Å². The highest BCUT2D eigenvalue weighted by molar-refractivity contribution is 6.08. The minimum atomic E-state index is -0.142. The van der Waals surface area contributed by atoms with Crippen LogP contribution in [0.25, 0.3) is 44.2 Å². The molecule has 0 aliphatic heterocycles. The van der Waals surface area contributed by atoms with Crippen molar-refractivity contribution in [2.45, 2.75) is 90.9 Å². The van der Waals surface area contributed by atoms with Gasteiger partial charge in [-0.15, -0.1) is 0 Å². The minimum absolute atomic E-state index is 0.0868. The van der Waals surface area contributed by atoms with E-state index in [-0.39, 0.29) is 21.7 Å². The largest absolute Gasteiger partial charge is 0.456 e. The summed E-state index contributed by atoms with van der Waals surface area (Å²) >= 11 is 0. The second-order valence-electron chi connectivity index (χ2n) is 18.3. The number of hydrogen-bond donors (Lipinski definition) is 0. The van der Waals surface area contributed by atoms with Gasteiger partial charge in [-0.25, -0.2) is 0 Å². The molecule has 0 saturated carbocycles. The molecule has 1 heterocycles. The van der Waals surface area contributed by atoms with Crippen molar-refractivity contribution < 1.29 is 4.42 Å². The van der Waals surface area contributed by atoms with Gasteiger partial charge in [0.05, 0.1) is 0 Å². The number of hydrogen-bond acceptors (Lipinski definition) is 2. The summed E-state index contributed by atoms with van der Waals surface area (Å²) in [6, 6.07) is 43.5. The van der Waals surface area contributed by atoms with Crippen LogP contribution < -0.4 is 4.90 Å². The number of nitrogens with zero attached hydrogens (tertiary/aromatic N) is 1. The van der Waals surface area contributed by atoms with Crippen LogP contribution in [-0.2, 0) is 21.7 Å². The molecule has 0 amide bonds. The van der Waals surface area contributed by atoms with Crippen molar-refractivity contribution in [1.29, 1.82) is 0 Å². The quantitative estimate of drug-likeness (QED) is 0.185. The van der Waals surface area contributed by atoms with Crippen molar-refractivity contribution in [3.63, 3.8) is 0 Å². The van der Waals surface area contributed by atoms with Crippen LogP contribution in [-0.4, -0.2) is 0 Å². The summed E-state index contributed by atoms with van der Waals surface area (Å²) < 4.78 is 6.62. The van der Waals surface area contributed by atoms with Gasteiger partial charge in [0.15, 0.2) is 0 Å². The number of para-hydroxylation sites is 1. The first-order chi connectivity index (χ1) is 24.5. The maximum absolute atomic E-state index is 6.62. The smallest absolute Gasteiger partial charge is 0.139 e. The fraction of sp³-hybridized carbons (Fsp3) is 0.280. The molecule has 52 heavy (non-hydrogen) atoms. The average molecular weight is 680 g/mol. The van der Waals surface area contributed by atoms with E-state index in [4.69, 9.17) is 4.42 Å². The predicted octanol–water partition coefficient (Wildman–Crippen LogP) is 14.3. The molecule has 2 aliphatic rings. The fourth-order valence-electron chi connectivity index (χ4n) is 9.11. The number of furan rings is 1. The van der Waals surface area contributed by atoms with Crippen LogP contribution in [0.2, 0.25) is 0 Å². The molecule has 0 saturated heterocycles. The number of benzene rings is 6. The van der Waals surface area contributed by atoms with Gasteiger partial charge in [0.2, 0.25) is 0 Å². The third-order valence-electron chi connectivity index (χ3n) is 12.1. The Hall–Kier alpha value is -5.08. The Balaban J connectivity index is 1.30. The first-order valence-corrected chi connectivity index (χ1v) is 18.9. The SMILES string of the molecule is CC(C)(C)c1ccc2c(c1)C(C)(C)c1cc(N(c3ccc4c(c3)C(C)(C)c3ccccc3-4)c3cc(C(C)(C)C)c4oc5ccccc5c4c3)ccc1-2. The van der Waals surface area contributed by atoms with E-state index in [9.17, 15) is 0 Å². The molecule has 0 bridgehead atoms. The minimum Gasteiger partial charge on any atom is -0.456 e. The molecule has 1 aromatic heterocycles. The first-order valence-electron chi connectivity index (χ1n) is 18.9. The monoisotopic (exact) mass is 679 g/mol. The third kappa shape index (κ3) is 4.69. The maximum atomic E-state index is 6.62. The molecular formula is C50H49NO. The van der Waals surface area contributed by atoms with E-state index in [1.54, 1.807) is 0 Å². The Bertz CT molecular complexity index is 2600. The summed E-state index contributed by atoms with van der Waals surface area (Å²) in [6.07, 6.45) is 0. The molecule has 6 aromatic carbocycles. The van der Waals surface area contributed by atoms with E-state index in [2.05, 4.69) is 189 Å². The molecule has 2 heteroatoms. The van der Waals surface area contributed by atoms with E-state index >= 15 is 0 Å². The Morgan fingerprint density at radius 3 is 1.63 bits per heavy atom. The number of rotatable bonds is 3. The molecule has 0 fully saturated rings. The Morgan fingerprint density at radius 1 is 0.462 bits per heavy atom. The second kappa shape index (κ2) is 10.7. The van der Waals surface area contributed by atoms with E-state index in [1.807, 2.05) is 0 Å². The summed E-state index contributed by atoms with van der Waals surface area (Å²) in [5.74, 6) is 0. The van der Waals surface area contributed by atoms with Crippen molar-refractivity contribution >= 4 is 39.0 Å². The normalized spacial score (nSPS) is 15.4. The molecule has 9 rings (SSSR count). The topological polar surface area (TPSA) is 16.4 Å². The molecule has 7 aromatic rings. The van der Waals surface area contributed by atoms with E-state index in [0.29, 0.717) is 0 Å². The van der Waals surface area contributed by atoms with Crippen LogP contribution in [0.1, 0.15) is 103 Å². The summed E-state index contributed by atoms with van der Waals surface area (Å²) in [7, 11) is 0. The van der Waals surface area contributed by atoms with Gasteiger partial charge in [0.1, 0.15) is 11.2 Å². The highest BCUT2D eigenvalue weighted by Gasteiger charge is 2.38. The highest BCUT2D eigenvalue weighted by atomic mass is 16.3. The summed E-state index contributed by atoms with van der Waals surface area (Å²) in [6.45, 7) is 23.3. The molecule has 0 spiro atoms. The van der Waals surface area contributed by atoms with Crippen LogP contribution >= 0.6 is 0 Å². The van der Waals surface area contributed by atoms with Crippen molar-refractivity contribution in [1.82, 2.24) is 0 Å². The summed E-state index contributed by atoms with van der Waals surface area (Å²) in [4.78, 5) is 2.50. The lowest BCUT2D eigenvalue weighted by Crippen LogP contribution is -2.19. The average Bonchev–Trinajstić information content (AvgIpc) is 3.67. The lowest BCUT2D eigenvalue weighted by atomic mass is 9.79. The molecule has 0 N–H and O–H groups in total. The Labute approximate surface area is 309 Å². The van der Waals surface area contributed by atoms with Gasteiger partial charge in [-0.2, -0.15) is 0 Å². The third-order valence-corrected chi connectivity index (χ3v) is 12.1. The van der Waals surface area contributed by atoms with E-state index < -0.39 is 0 Å². The van der Waals surface area contributed by atoms with Crippen LogP contribution in [0.5, 0.6) is 0 Å². The Morgan fingerprint density at radius 2 is 1.00 bits per heavy atom. The zero-order valence-electron chi connectivity index (χ0n) is 32.3. The summed E-state index contributed by atoms with van der Waals surface area (Å²) in [5, 5.41) is 2.30. The van der Waals surface area contributed by atoms with Gasteiger partial charge in [0.25, 0.3) is 0 Å². The van der Waals surface area contributed by atoms with Crippen molar-refractivity contribution in [3.05, 3.63) is 149 Å². The standard InChI is InChI=1S/C50H49NO/c1-47(2,3)30-19-22-35-37-24-21-32(28-43(37)50(9,10)41(35)25-30)51(31-20-23-36-34-15-11-13-17-40(34)49(7,8)42(36)27-31)33-26-39-38-16-12-14-18-45(38)52-46(39)44(29-33)48(4,5)6/h11-29H,1-10H3. The lowest BCUT2D eigenvalue weighted by Gasteiger charge is -2.31. The molecule has 2 nitrogen and oxygen atoms in total. The van der Waals surface area contributed by atoms with E-state index in [0.717, 1.165) is 39.0 Å². The van der Waals surface area contributed by atoms with Gasteiger partial charge in [-0.1, -0.05) is 142 Å². The van der Waals surface area contributed by atoms with Gasteiger partial charge in [-0.05, 0) is 103 Å². The molecule has 2 aliphatic carbocycles. The fourth-order valence-corrected chi connectivity index (χ4v) is 9.11. The number of anilines is 3. The van der Waals surface area contributed by atoms with E-state index in [1.165, 1.54) is 55.6 Å². The van der Waals surface area contributed by atoms with Crippen molar-refractivity contribution in [3.8, 4) is 22.3 Å². The van der Waals surface area contributed by atoms with Gasteiger partial charge in [0, 0.05) is 44.2 Å². The zero-order valence-corrected chi connectivity index (χ0v) is 32.3. The van der Waals surface area contributed by atoms with Crippen molar-refractivity contribution in [2.75, 3.05) is 4.90 Å². The molecular weight excluding hydrogens is 631 g/mol. The van der Waals surface area contributed by atoms with Crippen LogP contribution in [0.4, 0.5) is 17.1 Å². The van der Waals surface area contributed by atoms with Crippen LogP contribution in [0.15, 0.2) is 120 Å². The predicted molar refractivity (Wildman–Crippen MR) is 221 cm³/mol. The number of fused-ring (bicyclic) bond motifs is 9. The molecule has 0 radical (unpaired) electrons. The van der Waals surface area contributed by atoms with Gasteiger partial charge < -0.3 is 9.32 Å². The first kappa shape index (κ1) is 32.8. The maximum Gasteiger partial charge on any atom is 0.139 e. The highest BCUT2D eigenvalue weighted by Crippen LogP contribution is 2.54. The lowest BCUT2D eigenvalue weighted by molar-refractivity contribution is 0.573. The molecule has 260 valence electrons. The molecule has 0 atom stereocenters. The molecule has 0 unspecified atom stereocenters. The summed E-state index contributed by atoms with van der Waals surface area (Å²) in [5.41, 5.74) is 18.5.